The van der Waals surface area contributed by atoms with E-state index in [0.29, 0.717) is 22.1 Å². The van der Waals surface area contributed by atoms with Crippen LogP contribution in [-0.2, 0) is 12.6 Å². The van der Waals surface area contributed by atoms with Gasteiger partial charge in [-0.05, 0) is 59.3 Å². The van der Waals surface area contributed by atoms with Crippen LogP contribution in [0.2, 0.25) is 0 Å². The maximum Gasteiger partial charge on any atom is 0.416 e. The summed E-state index contributed by atoms with van der Waals surface area (Å²) in [4.78, 5) is 13.3. The summed E-state index contributed by atoms with van der Waals surface area (Å²) in [6.45, 7) is 0. The maximum absolute atomic E-state index is 13.4. The van der Waals surface area contributed by atoms with Gasteiger partial charge in [-0.15, -0.1) is 0 Å². The van der Waals surface area contributed by atoms with Gasteiger partial charge in [-0.25, -0.2) is 4.39 Å². The van der Waals surface area contributed by atoms with Crippen molar-refractivity contribution in [2.24, 2.45) is 0 Å². The highest BCUT2D eigenvalue weighted by Gasteiger charge is 2.30. The smallest absolute Gasteiger partial charge is 0.386 e. The Hall–Kier alpha value is -3.23. The number of benzene rings is 4. The van der Waals surface area contributed by atoms with Crippen molar-refractivity contribution in [2.45, 2.75) is 24.7 Å². The molecule has 4 rings (SSSR count). The zero-order chi connectivity index (χ0) is 25.2. The molecular formula is C27H20BrF4NO2. The standard InChI is InChI=1S/C27H20BrF4NO2/c28-22-6-2-4-17-3-1-5-21(24(17)22)26(35)33-23(25(34)18-9-13-20(29)14-10-18)15-16-7-11-19(12-8-16)27(30,31)32/h1-14,23,25,34H,15H2,(H,33,35). The van der Waals surface area contributed by atoms with E-state index >= 15 is 0 Å². The Morgan fingerprint density at radius 2 is 1.54 bits per heavy atom. The summed E-state index contributed by atoms with van der Waals surface area (Å²) >= 11 is 3.47. The fourth-order valence-electron chi connectivity index (χ4n) is 3.95. The van der Waals surface area contributed by atoms with Crippen molar-refractivity contribution in [3.05, 3.63) is 117 Å². The Balaban J connectivity index is 1.66. The Bertz CT molecular complexity index is 1330. The Labute approximate surface area is 207 Å². The second-order valence-electron chi connectivity index (χ2n) is 8.12. The average molecular weight is 546 g/mol. The van der Waals surface area contributed by atoms with Crippen molar-refractivity contribution in [3.63, 3.8) is 0 Å². The van der Waals surface area contributed by atoms with Crippen LogP contribution in [0.1, 0.15) is 33.2 Å². The first-order chi connectivity index (χ1) is 16.6. The number of rotatable bonds is 6. The van der Waals surface area contributed by atoms with E-state index in [2.05, 4.69) is 21.2 Å². The lowest BCUT2D eigenvalue weighted by Gasteiger charge is -2.25. The highest BCUT2D eigenvalue weighted by molar-refractivity contribution is 9.10. The van der Waals surface area contributed by atoms with Crippen LogP contribution in [0.25, 0.3) is 10.8 Å². The van der Waals surface area contributed by atoms with Crippen molar-refractivity contribution < 1.29 is 27.5 Å². The number of fused-ring (bicyclic) bond motifs is 1. The molecule has 4 aromatic carbocycles. The number of alkyl halides is 3. The third-order valence-electron chi connectivity index (χ3n) is 5.74. The predicted molar refractivity (Wildman–Crippen MR) is 129 cm³/mol. The van der Waals surface area contributed by atoms with Gasteiger partial charge in [0.05, 0.1) is 17.7 Å². The molecule has 1 amide bonds. The summed E-state index contributed by atoms with van der Waals surface area (Å²) in [5, 5.41) is 15.4. The molecule has 0 aliphatic heterocycles. The van der Waals surface area contributed by atoms with E-state index < -0.39 is 35.6 Å². The molecule has 0 aliphatic carbocycles. The number of hydrogen-bond acceptors (Lipinski definition) is 2. The first kappa shape index (κ1) is 24.9. The van der Waals surface area contributed by atoms with Crippen LogP contribution in [0.4, 0.5) is 17.6 Å². The molecule has 0 heterocycles. The van der Waals surface area contributed by atoms with E-state index in [-0.39, 0.29) is 6.42 Å². The van der Waals surface area contributed by atoms with Gasteiger partial charge in [0.2, 0.25) is 0 Å². The third kappa shape index (κ3) is 5.71. The fourth-order valence-corrected chi connectivity index (χ4v) is 4.54. The summed E-state index contributed by atoms with van der Waals surface area (Å²) in [6, 6.07) is 19.6. The van der Waals surface area contributed by atoms with Gasteiger partial charge in [0, 0.05) is 15.4 Å². The summed E-state index contributed by atoms with van der Waals surface area (Å²) in [5.74, 6) is -0.939. The van der Waals surface area contributed by atoms with E-state index in [4.69, 9.17) is 0 Å². The Morgan fingerprint density at radius 1 is 0.914 bits per heavy atom. The number of halogens is 5. The predicted octanol–water partition coefficient (Wildman–Crippen LogP) is 6.83. The second-order valence-corrected chi connectivity index (χ2v) is 8.97. The third-order valence-corrected chi connectivity index (χ3v) is 6.41. The number of nitrogens with one attached hydrogen (secondary N) is 1. The van der Waals surface area contributed by atoms with Crippen molar-refractivity contribution in [1.82, 2.24) is 5.32 Å². The van der Waals surface area contributed by atoms with Gasteiger partial charge in [-0.1, -0.05) is 64.5 Å². The van der Waals surface area contributed by atoms with Crippen LogP contribution >= 0.6 is 15.9 Å². The van der Waals surface area contributed by atoms with E-state index in [1.54, 1.807) is 12.1 Å². The molecule has 0 spiro atoms. The van der Waals surface area contributed by atoms with E-state index in [9.17, 15) is 27.5 Å². The number of amides is 1. The quantitative estimate of drug-likeness (QED) is 0.261. The first-order valence-corrected chi connectivity index (χ1v) is 11.5. The van der Waals surface area contributed by atoms with Gasteiger partial charge < -0.3 is 10.4 Å². The molecule has 2 atom stereocenters. The van der Waals surface area contributed by atoms with Crippen LogP contribution in [0.3, 0.4) is 0 Å². The molecule has 0 fully saturated rings. The largest absolute Gasteiger partial charge is 0.416 e. The molecule has 0 aromatic heterocycles. The summed E-state index contributed by atoms with van der Waals surface area (Å²) < 4.78 is 53.0. The van der Waals surface area contributed by atoms with Gasteiger partial charge >= 0.3 is 6.18 Å². The summed E-state index contributed by atoms with van der Waals surface area (Å²) in [6.07, 6.45) is -5.66. The second kappa shape index (κ2) is 10.2. The SMILES string of the molecule is O=C(NC(Cc1ccc(C(F)(F)F)cc1)C(O)c1ccc(F)cc1)c1cccc2cccc(Br)c12. The van der Waals surface area contributed by atoms with Crippen molar-refractivity contribution in [3.8, 4) is 0 Å². The highest BCUT2D eigenvalue weighted by atomic mass is 79.9. The van der Waals surface area contributed by atoms with Crippen LogP contribution < -0.4 is 5.32 Å². The summed E-state index contributed by atoms with van der Waals surface area (Å²) in [7, 11) is 0. The summed E-state index contributed by atoms with van der Waals surface area (Å²) in [5.41, 5.74) is 0.437. The van der Waals surface area contributed by atoms with Crippen LogP contribution in [-0.4, -0.2) is 17.1 Å². The average Bonchev–Trinajstić information content (AvgIpc) is 2.83. The Morgan fingerprint density at radius 3 is 2.17 bits per heavy atom. The minimum Gasteiger partial charge on any atom is -0.386 e. The molecule has 2 unspecified atom stereocenters. The van der Waals surface area contributed by atoms with E-state index in [1.807, 2.05) is 24.3 Å². The number of aliphatic hydroxyl groups is 1. The lowest BCUT2D eigenvalue weighted by molar-refractivity contribution is -0.137. The molecule has 35 heavy (non-hydrogen) atoms. The van der Waals surface area contributed by atoms with Gasteiger partial charge in [0.1, 0.15) is 5.82 Å². The highest BCUT2D eigenvalue weighted by Crippen LogP contribution is 2.30. The molecule has 180 valence electrons. The minimum atomic E-state index is -4.47. The zero-order valence-corrected chi connectivity index (χ0v) is 19.8. The molecular weight excluding hydrogens is 526 g/mol. The zero-order valence-electron chi connectivity index (χ0n) is 18.2. The van der Waals surface area contributed by atoms with Crippen molar-refractivity contribution in [2.75, 3.05) is 0 Å². The molecule has 3 nitrogen and oxygen atoms in total. The van der Waals surface area contributed by atoms with E-state index in [0.717, 1.165) is 22.0 Å². The van der Waals surface area contributed by atoms with Crippen LogP contribution in [0.15, 0.2) is 89.4 Å². The minimum absolute atomic E-state index is 0.0500. The molecule has 0 saturated carbocycles. The van der Waals surface area contributed by atoms with Crippen LogP contribution in [0, 0.1) is 5.82 Å². The molecule has 4 aromatic rings. The fraction of sp³-hybridized carbons (Fsp3) is 0.148. The van der Waals surface area contributed by atoms with Crippen molar-refractivity contribution >= 4 is 32.6 Å². The topological polar surface area (TPSA) is 49.3 Å². The normalized spacial score (nSPS) is 13.4. The van der Waals surface area contributed by atoms with Crippen LogP contribution in [0.5, 0.6) is 0 Å². The van der Waals surface area contributed by atoms with E-state index in [1.165, 1.54) is 36.4 Å². The van der Waals surface area contributed by atoms with Gasteiger partial charge in [-0.2, -0.15) is 13.2 Å². The number of carbonyl (C=O) groups is 1. The number of hydrogen-bond donors (Lipinski definition) is 2. The van der Waals surface area contributed by atoms with Gasteiger partial charge in [-0.3, -0.25) is 4.79 Å². The maximum atomic E-state index is 13.4. The molecule has 0 radical (unpaired) electrons. The molecule has 0 aliphatic rings. The number of carbonyl (C=O) groups excluding carboxylic acids is 1. The molecule has 0 bridgehead atoms. The van der Waals surface area contributed by atoms with Gasteiger partial charge in [0.25, 0.3) is 5.91 Å². The van der Waals surface area contributed by atoms with Gasteiger partial charge in [0.15, 0.2) is 0 Å². The number of aliphatic hydroxyl groups excluding tert-OH is 1. The lowest BCUT2D eigenvalue weighted by Crippen LogP contribution is -2.41. The molecule has 0 saturated heterocycles. The van der Waals surface area contributed by atoms with Crippen molar-refractivity contribution in [1.29, 1.82) is 0 Å². The first-order valence-electron chi connectivity index (χ1n) is 10.7. The molecule has 8 heteroatoms. The Kier molecular flexibility index (Phi) is 7.23. The monoisotopic (exact) mass is 545 g/mol. The lowest BCUT2D eigenvalue weighted by atomic mass is 9.94. The molecule has 2 N–H and O–H groups in total.